The second-order valence-electron chi connectivity index (χ2n) is 12.1. The molecule has 2 saturated carbocycles. The highest BCUT2D eigenvalue weighted by Gasteiger charge is 2.54. The van der Waals surface area contributed by atoms with Gasteiger partial charge < -0.3 is 51.3 Å². The molecule has 46 heavy (non-hydrogen) atoms. The molecule has 2 fully saturated rings. The summed E-state index contributed by atoms with van der Waals surface area (Å²) in [5, 5.41) is 28.3. The second-order valence-corrected chi connectivity index (χ2v) is 13.9. The van der Waals surface area contributed by atoms with Crippen LogP contribution in [0.2, 0.25) is 0 Å². The lowest BCUT2D eigenvalue weighted by Gasteiger charge is -2.50. The number of amides is 1. The molecule has 0 spiro atoms. The number of nitrogens with two attached hydrogens (primary N) is 2. The zero-order chi connectivity index (χ0) is 34.7. The quantitative estimate of drug-likeness (QED) is 0.0558. The summed E-state index contributed by atoms with van der Waals surface area (Å²) in [7, 11) is -4.64. The third-order valence-corrected chi connectivity index (χ3v) is 9.48. The number of nitrogens with zero attached hydrogens (tertiary/aromatic N) is 1. The summed E-state index contributed by atoms with van der Waals surface area (Å²) in [5.41, 5.74) is 13.0. The average molecular weight is 713 g/mol. The van der Waals surface area contributed by atoms with Gasteiger partial charge in [0.2, 0.25) is 0 Å². The van der Waals surface area contributed by atoms with Crippen LogP contribution in [0.25, 0.3) is 0 Å². The Hall–Kier alpha value is -2.16. The largest absolute Gasteiger partial charge is 0.480 e. The minimum absolute atomic E-state index is 0.0996. The number of carboxylic acids is 1. The zero-order valence-electron chi connectivity index (χ0n) is 26.0. The van der Waals surface area contributed by atoms with E-state index in [2.05, 4.69) is 18.3 Å². The van der Waals surface area contributed by atoms with E-state index in [0.717, 1.165) is 38.5 Å². The lowest BCUT2D eigenvalue weighted by atomic mass is 9.55. The van der Waals surface area contributed by atoms with Crippen molar-refractivity contribution in [1.82, 2.24) is 10.2 Å². The fourth-order valence-corrected chi connectivity index (χ4v) is 7.34. The van der Waals surface area contributed by atoms with Crippen LogP contribution in [-0.4, -0.2) is 91.4 Å². The SMILES string of the molecule is C[C@]12CC[C@@H]3c4ccc(OC(=O)N(CCCl)CCCl)cc4CC[C@H]3[C@@H]1CC[C@@H]2O.N=C(N)NCCCC(N)C(=O)O.O=P(O)(O)O. The van der Waals surface area contributed by atoms with Gasteiger partial charge in [0.1, 0.15) is 11.8 Å². The number of aryl methyl sites for hydroxylation is 1. The van der Waals surface area contributed by atoms with Crippen LogP contribution in [0.5, 0.6) is 5.75 Å². The number of hydrogen-bond donors (Lipinski definition) is 9. The van der Waals surface area contributed by atoms with Crippen LogP contribution >= 0.6 is 31.0 Å². The summed E-state index contributed by atoms with van der Waals surface area (Å²) in [6.45, 7) is 3.63. The normalized spacial score (nSPS) is 25.1. The molecular weight excluding hydrogens is 664 g/mol. The summed E-state index contributed by atoms with van der Waals surface area (Å²) in [4.78, 5) is 45.8. The molecule has 262 valence electrons. The third kappa shape index (κ3) is 12.1. The van der Waals surface area contributed by atoms with E-state index in [9.17, 15) is 14.7 Å². The molecule has 4 rings (SSSR count). The Labute approximate surface area is 279 Å². The van der Waals surface area contributed by atoms with E-state index in [1.165, 1.54) is 11.1 Å². The number of carbonyl (C=O) groups is 2. The fraction of sp³-hybridized carbons (Fsp3) is 0.690. The third-order valence-electron chi connectivity index (χ3n) is 9.14. The van der Waals surface area contributed by atoms with Gasteiger partial charge in [-0.1, -0.05) is 13.0 Å². The Bertz CT molecular complexity index is 1210. The predicted molar refractivity (Wildman–Crippen MR) is 175 cm³/mol. The number of phosphoric acid groups is 1. The molecule has 1 unspecified atom stereocenters. The smallest absolute Gasteiger partial charge is 0.466 e. The van der Waals surface area contributed by atoms with Crippen LogP contribution in [-0.2, 0) is 15.8 Å². The van der Waals surface area contributed by atoms with Crippen molar-refractivity contribution >= 4 is 49.0 Å². The highest BCUT2D eigenvalue weighted by Crippen LogP contribution is 2.60. The van der Waals surface area contributed by atoms with E-state index < -0.39 is 25.9 Å². The lowest BCUT2D eigenvalue weighted by Crippen LogP contribution is -2.43. The molecule has 14 nitrogen and oxygen atoms in total. The van der Waals surface area contributed by atoms with Crippen molar-refractivity contribution in [3.8, 4) is 5.75 Å². The maximum absolute atomic E-state index is 12.4. The first-order chi connectivity index (χ1) is 21.5. The van der Waals surface area contributed by atoms with E-state index in [0.29, 0.717) is 67.7 Å². The van der Waals surface area contributed by atoms with Crippen LogP contribution in [0.1, 0.15) is 68.9 Å². The molecule has 0 saturated heterocycles. The zero-order valence-corrected chi connectivity index (χ0v) is 28.4. The summed E-state index contributed by atoms with van der Waals surface area (Å²) < 4.78 is 14.5. The summed E-state index contributed by atoms with van der Waals surface area (Å²) in [6.07, 6.45) is 6.96. The first-order valence-electron chi connectivity index (χ1n) is 15.3. The van der Waals surface area contributed by atoms with Gasteiger partial charge in [0, 0.05) is 31.4 Å². The monoisotopic (exact) mass is 711 g/mol. The van der Waals surface area contributed by atoms with E-state index in [-0.39, 0.29) is 17.5 Å². The van der Waals surface area contributed by atoms with Crippen LogP contribution in [0.3, 0.4) is 0 Å². The number of aliphatic hydroxyl groups excluding tert-OH is 1. The number of fused-ring (bicyclic) bond motifs is 5. The number of ether oxygens (including phenoxy) is 1. The van der Waals surface area contributed by atoms with Gasteiger partial charge in [-0.25, -0.2) is 9.36 Å². The van der Waals surface area contributed by atoms with Crippen molar-refractivity contribution in [3.05, 3.63) is 29.3 Å². The van der Waals surface area contributed by atoms with Crippen molar-refractivity contribution in [1.29, 1.82) is 5.41 Å². The van der Waals surface area contributed by atoms with E-state index in [1.807, 2.05) is 12.1 Å². The molecule has 0 aliphatic heterocycles. The van der Waals surface area contributed by atoms with Crippen molar-refractivity contribution in [3.63, 3.8) is 0 Å². The predicted octanol–water partition coefficient (Wildman–Crippen LogP) is 2.91. The van der Waals surface area contributed by atoms with Gasteiger partial charge in [0.15, 0.2) is 5.96 Å². The van der Waals surface area contributed by atoms with Crippen molar-refractivity contribution in [2.24, 2.45) is 28.7 Å². The number of guanidine groups is 1. The van der Waals surface area contributed by atoms with E-state index in [1.54, 1.807) is 4.90 Å². The molecule has 3 aliphatic carbocycles. The Morgan fingerprint density at radius 2 is 1.80 bits per heavy atom. The number of alkyl halides is 2. The molecular formula is C29H48Cl2N5O9P. The Balaban J connectivity index is 0.000000361. The Kier molecular flexibility index (Phi) is 16.0. The Morgan fingerprint density at radius 3 is 2.37 bits per heavy atom. The molecule has 1 aromatic carbocycles. The van der Waals surface area contributed by atoms with Crippen molar-refractivity contribution in [2.45, 2.75) is 76.4 Å². The minimum Gasteiger partial charge on any atom is -0.480 e. The minimum atomic E-state index is -4.64. The van der Waals surface area contributed by atoms with Gasteiger partial charge in [-0.05, 0) is 97.8 Å². The number of benzene rings is 1. The maximum Gasteiger partial charge on any atom is 0.466 e. The molecule has 1 aromatic rings. The number of hydrogen-bond acceptors (Lipinski definition) is 7. The highest BCUT2D eigenvalue weighted by molar-refractivity contribution is 7.45. The van der Waals surface area contributed by atoms with Crippen LogP contribution < -0.4 is 21.5 Å². The lowest BCUT2D eigenvalue weighted by molar-refractivity contribution is -0.138. The van der Waals surface area contributed by atoms with E-state index in [4.69, 9.17) is 69.2 Å². The summed E-state index contributed by atoms with van der Waals surface area (Å²) >= 11 is 11.6. The number of rotatable bonds is 10. The first kappa shape index (κ1) is 40.0. The van der Waals surface area contributed by atoms with Crippen molar-refractivity contribution < 1.29 is 43.8 Å². The van der Waals surface area contributed by atoms with Gasteiger partial charge in [0.05, 0.1) is 6.10 Å². The van der Waals surface area contributed by atoms with E-state index >= 15 is 0 Å². The van der Waals surface area contributed by atoms with Crippen LogP contribution in [0.4, 0.5) is 4.79 Å². The molecule has 0 bridgehead atoms. The molecule has 11 N–H and O–H groups in total. The summed E-state index contributed by atoms with van der Waals surface area (Å²) in [5.74, 6) is 2.05. The number of aliphatic hydroxyl groups is 1. The first-order valence-corrected chi connectivity index (χ1v) is 17.9. The number of nitrogens with one attached hydrogen (secondary N) is 2. The molecule has 0 aromatic heterocycles. The molecule has 3 aliphatic rings. The standard InChI is InChI=1S/C23H31Cl2NO3.C6H14N4O2.H3O4P/c1-23-9-8-18-17-5-3-16(29-22(28)26(12-10-24)13-11-25)14-15(17)2-4-19(18)20(23)6-7-21(23)27;7-4(5(11)12)2-1-3-10-6(8)9;1-5(2,3)4/h3,5,14,18-21,27H,2,4,6-13H2,1H3;4H,1-3,7H2,(H,11,12)(H4,8,9,10);(H3,1,2,3,4)/t18-,19-,20+,21+,23+;;/m1../s1. The maximum atomic E-state index is 12.4. The number of halogens is 2. The number of aliphatic carboxylic acids is 1. The molecule has 0 radical (unpaired) electrons. The fourth-order valence-electron chi connectivity index (χ4n) is 6.93. The van der Waals surface area contributed by atoms with Crippen LogP contribution in [0, 0.1) is 22.7 Å². The molecule has 0 heterocycles. The topological polar surface area (TPSA) is 253 Å². The summed E-state index contributed by atoms with van der Waals surface area (Å²) in [6, 6.07) is 5.31. The van der Waals surface area contributed by atoms with Gasteiger partial charge in [-0.2, -0.15) is 0 Å². The molecule has 1 amide bonds. The number of carboxylic acid groups (broad SMARTS) is 1. The van der Waals surface area contributed by atoms with Crippen molar-refractivity contribution in [2.75, 3.05) is 31.4 Å². The highest BCUT2D eigenvalue weighted by atomic mass is 35.5. The Morgan fingerprint density at radius 1 is 1.17 bits per heavy atom. The van der Waals surface area contributed by atoms with Gasteiger partial charge in [-0.3, -0.25) is 10.2 Å². The second kappa shape index (κ2) is 18.4. The molecule has 17 heteroatoms. The number of carbonyl (C=O) groups excluding carboxylic acids is 1. The van der Waals surface area contributed by atoms with Gasteiger partial charge in [-0.15, -0.1) is 23.2 Å². The van der Waals surface area contributed by atoms with Gasteiger partial charge in [0.25, 0.3) is 0 Å². The van der Waals surface area contributed by atoms with Crippen LogP contribution in [0.15, 0.2) is 18.2 Å². The van der Waals surface area contributed by atoms with Gasteiger partial charge >= 0.3 is 19.9 Å². The molecule has 6 atom stereocenters. The average Bonchev–Trinajstić information content (AvgIpc) is 3.28.